The molecule has 1 heterocycles. The van der Waals surface area contributed by atoms with Gasteiger partial charge in [0.25, 0.3) is 5.91 Å². The van der Waals surface area contributed by atoms with Gasteiger partial charge in [0.1, 0.15) is 11.5 Å². The number of methoxy groups -OCH3 is 1. The van der Waals surface area contributed by atoms with E-state index in [0.29, 0.717) is 19.6 Å². The monoisotopic (exact) mass is 291 g/mol. The Hall–Kier alpha value is -1.83. The van der Waals surface area contributed by atoms with Crippen LogP contribution >= 0.6 is 0 Å². The van der Waals surface area contributed by atoms with Crippen LogP contribution in [0, 0.1) is 0 Å². The molecule has 0 aliphatic heterocycles. The molecule has 0 unspecified atom stereocenters. The van der Waals surface area contributed by atoms with E-state index in [1.54, 1.807) is 7.05 Å². The van der Waals surface area contributed by atoms with E-state index in [-0.39, 0.29) is 11.4 Å². The van der Waals surface area contributed by atoms with Crippen molar-refractivity contribution in [3.05, 3.63) is 23.4 Å². The number of nitrogens with two attached hydrogens (primary N) is 1. The Kier molecular flexibility index (Phi) is 5.32. The van der Waals surface area contributed by atoms with Gasteiger partial charge in [0.15, 0.2) is 0 Å². The normalized spacial score (nSPS) is 11.4. The Labute approximate surface area is 114 Å². The number of aromatic nitrogens is 1. The number of carbonyl (C=O) groups excluding carboxylic acids is 1. The topological polar surface area (TPSA) is 68.4 Å². The number of rotatable bonds is 6. The number of nitrogens with zero attached hydrogens (tertiary/aromatic N) is 2. The van der Waals surface area contributed by atoms with Crippen LogP contribution in [-0.4, -0.2) is 38.2 Å². The second-order valence-electron chi connectivity index (χ2n) is 4.20. The zero-order valence-electron chi connectivity index (χ0n) is 11.2. The van der Waals surface area contributed by atoms with Gasteiger partial charge in [0, 0.05) is 27.3 Å². The minimum Gasteiger partial charge on any atom is -0.385 e. The van der Waals surface area contributed by atoms with Crippen LogP contribution in [0.2, 0.25) is 0 Å². The summed E-state index contributed by atoms with van der Waals surface area (Å²) >= 11 is 0. The summed E-state index contributed by atoms with van der Waals surface area (Å²) in [6.45, 7) is 0.845. The van der Waals surface area contributed by atoms with Gasteiger partial charge in [-0.3, -0.25) is 4.79 Å². The highest BCUT2D eigenvalue weighted by molar-refractivity contribution is 5.97. The first-order valence-corrected chi connectivity index (χ1v) is 5.85. The summed E-state index contributed by atoms with van der Waals surface area (Å²) in [6, 6.07) is 1.78. The number of ether oxygens (including phenoxy) is 1. The highest BCUT2D eigenvalue weighted by Crippen LogP contribution is 2.30. The molecule has 0 bridgehead atoms. The van der Waals surface area contributed by atoms with E-state index in [4.69, 9.17) is 10.5 Å². The molecule has 1 rings (SSSR count). The quantitative estimate of drug-likeness (QED) is 0.810. The summed E-state index contributed by atoms with van der Waals surface area (Å²) in [5.74, 6) is -0.900. The van der Waals surface area contributed by atoms with Crippen molar-refractivity contribution in [2.75, 3.05) is 32.2 Å². The molecule has 0 spiro atoms. The lowest BCUT2D eigenvalue weighted by Gasteiger charge is -2.21. The molecular weight excluding hydrogens is 275 g/mol. The van der Waals surface area contributed by atoms with Gasteiger partial charge < -0.3 is 15.4 Å². The number of amides is 1. The third kappa shape index (κ3) is 4.09. The molecule has 0 saturated heterocycles. The first-order valence-electron chi connectivity index (χ1n) is 5.85. The van der Waals surface area contributed by atoms with Gasteiger partial charge in [0.05, 0.1) is 5.56 Å². The van der Waals surface area contributed by atoms with Gasteiger partial charge >= 0.3 is 6.18 Å². The molecular formula is C12H16F3N3O2. The molecule has 1 aromatic rings. The van der Waals surface area contributed by atoms with Crippen molar-refractivity contribution < 1.29 is 22.7 Å². The summed E-state index contributed by atoms with van der Waals surface area (Å²) in [6.07, 6.45) is -3.98. The minimum atomic E-state index is -4.57. The van der Waals surface area contributed by atoms with Crippen molar-refractivity contribution in [3.8, 4) is 0 Å². The molecule has 0 aromatic carbocycles. The zero-order chi connectivity index (χ0) is 15.3. The summed E-state index contributed by atoms with van der Waals surface area (Å²) in [4.78, 5) is 16.2. The summed E-state index contributed by atoms with van der Waals surface area (Å²) in [5.41, 5.74) is 4.05. The fraction of sp³-hybridized carbons (Fsp3) is 0.500. The van der Waals surface area contributed by atoms with Crippen molar-refractivity contribution >= 4 is 11.7 Å². The summed E-state index contributed by atoms with van der Waals surface area (Å²) in [5, 5.41) is 0. The van der Waals surface area contributed by atoms with Gasteiger partial charge in [0.2, 0.25) is 0 Å². The maximum absolute atomic E-state index is 12.7. The van der Waals surface area contributed by atoms with Crippen LogP contribution in [-0.2, 0) is 10.9 Å². The van der Waals surface area contributed by atoms with E-state index in [0.717, 1.165) is 12.1 Å². The predicted octanol–water partition coefficient (Wildman–Crippen LogP) is 1.67. The van der Waals surface area contributed by atoms with E-state index in [2.05, 4.69) is 4.98 Å². The Balaban J connectivity index is 3.08. The molecule has 1 amide bonds. The van der Waals surface area contributed by atoms with Crippen LogP contribution in [0.3, 0.4) is 0 Å². The van der Waals surface area contributed by atoms with Crippen LogP contribution in [0.1, 0.15) is 22.5 Å². The molecule has 112 valence electrons. The third-order valence-corrected chi connectivity index (χ3v) is 2.63. The van der Waals surface area contributed by atoms with E-state index >= 15 is 0 Å². The van der Waals surface area contributed by atoms with Crippen LogP contribution in [0.4, 0.5) is 19.0 Å². The number of anilines is 1. The van der Waals surface area contributed by atoms with E-state index < -0.39 is 17.8 Å². The number of pyridine rings is 1. The fourth-order valence-electron chi connectivity index (χ4n) is 1.64. The van der Waals surface area contributed by atoms with Crippen molar-refractivity contribution in [1.29, 1.82) is 0 Å². The molecule has 0 atom stereocenters. The average molecular weight is 291 g/mol. The molecule has 0 saturated carbocycles. The molecule has 2 N–H and O–H groups in total. The van der Waals surface area contributed by atoms with E-state index in [1.807, 2.05) is 0 Å². The molecule has 1 aromatic heterocycles. The Morgan fingerprint density at radius 3 is 2.60 bits per heavy atom. The number of halogens is 3. The van der Waals surface area contributed by atoms with Gasteiger partial charge in [-0.1, -0.05) is 0 Å². The van der Waals surface area contributed by atoms with E-state index in [9.17, 15) is 18.0 Å². The van der Waals surface area contributed by atoms with Crippen LogP contribution < -0.4 is 10.6 Å². The van der Waals surface area contributed by atoms with Gasteiger partial charge in [-0.15, -0.1) is 0 Å². The third-order valence-electron chi connectivity index (χ3n) is 2.63. The first-order chi connectivity index (χ1) is 9.27. The second-order valence-corrected chi connectivity index (χ2v) is 4.20. The first kappa shape index (κ1) is 16.2. The number of carbonyl (C=O) groups is 1. The Bertz CT molecular complexity index is 478. The lowest BCUT2D eigenvalue weighted by atomic mass is 10.2. The molecule has 5 nitrogen and oxygen atoms in total. The predicted molar refractivity (Wildman–Crippen MR) is 67.5 cm³/mol. The molecule has 8 heteroatoms. The highest BCUT2D eigenvalue weighted by Gasteiger charge is 2.33. The Morgan fingerprint density at radius 1 is 1.45 bits per heavy atom. The zero-order valence-corrected chi connectivity index (χ0v) is 11.2. The molecule has 0 fully saturated rings. The highest BCUT2D eigenvalue weighted by atomic mass is 19.4. The number of hydrogen-bond acceptors (Lipinski definition) is 4. The number of hydrogen-bond donors (Lipinski definition) is 1. The SMILES string of the molecule is COCCCN(C)c1nc(C(F)(F)F)ccc1C(N)=O. The van der Waals surface area contributed by atoms with Crippen molar-refractivity contribution in [3.63, 3.8) is 0 Å². The Morgan fingerprint density at radius 2 is 2.10 bits per heavy atom. The molecule has 0 aliphatic rings. The lowest BCUT2D eigenvalue weighted by molar-refractivity contribution is -0.141. The molecule has 20 heavy (non-hydrogen) atoms. The standard InChI is InChI=1S/C12H16F3N3O2/c1-18(6-3-7-20-2)11-8(10(16)19)4-5-9(17-11)12(13,14)15/h4-5H,3,6-7H2,1-2H3,(H2,16,19). The average Bonchev–Trinajstić information content (AvgIpc) is 2.37. The fourth-order valence-corrected chi connectivity index (χ4v) is 1.64. The van der Waals surface area contributed by atoms with Gasteiger partial charge in [-0.2, -0.15) is 13.2 Å². The lowest BCUT2D eigenvalue weighted by Crippen LogP contribution is -2.26. The van der Waals surface area contributed by atoms with Crippen LogP contribution in [0.25, 0.3) is 0 Å². The van der Waals surface area contributed by atoms with Crippen LogP contribution in [0.5, 0.6) is 0 Å². The number of primary amides is 1. The van der Waals surface area contributed by atoms with Crippen molar-refractivity contribution in [2.45, 2.75) is 12.6 Å². The van der Waals surface area contributed by atoms with Crippen LogP contribution in [0.15, 0.2) is 12.1 Å². The minimum absolute atomic E-state index is 0.0436. The largest absolute Gasteiger partial charge is 0.433 e. The maximum Gasteiger partial charge on any atom is 0.433 e. The second kappa shape index (κ2) is 6.56. The summed E-state index contributed by atoms with van der Waals surface area (Å²) in [7, 11) is 3.07. The summed E-state index contributed by atoms with van der Waals surface area (Å²) < 4.78 is 42.8. The van der Waals surface area contributed by atoms with Crippen molar-refractivity contribution in [1.82, 2.24) is 4.98 Å². The molecule has 0 radical (unpaired) electrons. The maximum atomic E-state index is 12.7. The number of alkyl halides is 3. The molecule has 0 aliphatic carbocycles. The van der Waals surface area contributed by atoms with Gasteiger partial charge in [-0.05, 0) is 18.6 Å². The van der Waals surface area contributed by atoms with E-state index in [1.165, 1.54) is 12.0 Å². The van der Waals surface area contributed by atoms with Gasteiger partial charge in [-0.25, -0.2) is 4.98 Å². The van der Waals surface area contributed by atoms with Crippen molar-refractivity contribution in [2.24, 2.45) is 5.73 Å². The smallest absolute Gasteiger partial charge is 0.385 e.